The van der Waals surface area contributed by atoms with E-state index in [1.54, 1.807) is 22.7 Å². The summed E-state index contributed by atoms with van der Waals surface area (Å²) in [7, 11) is 0. The minimum absolute atomic E-state index is 0.183. The largest absolute Gasteiger partial charge is 0.319 e. The van der Waals surface area contributed by atoms with Crippen LogP contribution in [0.5, 0.6) is 0 Å². The predicted octanol–water partition coefficient (Wildman–Crippen LogP) is 4.54. The number of aromatic nitrogens is 1. The molecule has 1 fully saturated rings. The van der Waals surface area contributed by atoms with Crippen LogP contribution in [0.2, 0.25) is 0 Å². The third-order valence-corrected chi connectivity index (χ3v) is 6.21. The normalized spacial score (nSPS) is 27.6. The fraction of sp³-hybridized carbons (Fsp3) is 0.533. The zero-order chi connectivity index (χ0) is 13.5. The van der Waals surface area contributed by atoms with Crippen molar-refractivity contribution in [3.63, 3.8) is 0 Å². The Morgan fingerprint density at radius 1 is 1.37 bits per heavy atom. The second kappa shape index (κ2) is 5.00. The molecule has 19 heavy (non-hydrogen) atoms. The molecule has 2 aromatic heterocycles. The Kier molecular flexibility index (Phi) is 3.50. The summed E-state index contributed by atoms with van der Waals surface area (Å²) >= 11 is 3.54. The first-order valence-corrected chi connectivity index (χ1v) is 8.59. The van der Waals surface area contributed by atoms with E-state index in [4.69, 9.17) is 10.7 Å². The second-order valence-electron chi connectivity index (χ2n) is 5.74. The molecule has 2 heterocycles. The second-order valence-corrected chi connectivity index (χ2v) is 7.89. The Morgan fingerprint density at radius 3 is 2.74 bits per heavy atom. The minimum Gasteiger partial charge on any atom is -0.319 e. The molecule has 2 N–H and O–H groups in total. The van der Waals surface area contributed by atoms with Crippen molar-refractivity contribution in [2.24, 2.45) is 11.7 Å². The molecule has 0 saturated heterocycles. The third kappa shape index (κ3) is 2.49. The van der Waals surface area contributed by atoms with Crippen LogP contribution >= 0.6 is 22.7 Å². The van der Waals surface area contributed by atoms with E-state index in [9.17, 15) is 0 Å². The Bertz CT molecular complexity index is 549. The summed E-state index contributed by atoms with van der Waals surface area (Å²) in [6.07, 6.45) is 4.60. The fourth-order valence-electron chi connectivity index (χ4n) is 2.74. The summed E-state index contributed by atoms with van der Waals surface area (Å²) in [5.41, 5.74) is 7.58. The lowest BCUT2D eigenvalue weighted by Crippen LogP contribution is -2.40. The van der Waals surface area contributed by atoms with Crippen molar-refractivity contribution in [1.29, 1.82) is 0 Å². The standard InChI is InChI=1S/C15H20N2S2/c1-10-5-7-15(16,8-6-10)14-17-13(11(2)19-14)12-4-3-9-18-12/h3-4,9-10H,5-8,16H2,1-2H3. The molecule has 3 rings (SSSR count). The van der Waals surface area contributed by atoms with Gasteiger partial charge < -0.3 is 5.73 Å². The molecule has 1 aliphatic carbocycles. The maximum Gasteiger partial charge on any atom is 0.113 e. The van der Waals surface area contributed by atoms with Crippen molar-refractivity contribution in [1.82, 2.24) is 4.98 Å². The molecule has 0 amide bonds. The summed E-state index contributed by atoms with van der Waals surface area (Å²) in [6, 6.07) is 4.22. The molecule has 2 aromatic rings. The van der Waals surface area contributed by atoms with Crippen LogP contribution in [0.15, 0.2) is 17.5 Å². The zero-order valence-electron chi connectivity index (χ0n) is 11.5. The van der Waals surface area contributed by atoms with Gasteiger partial charge in [0.05, 0.1) is 16.1 Å². The third-order valence-electron chi connectivity index (χ3n) is 4.14. The van der Waals surface area contributed by atoms with E-state index in [1.165, 1.54) is 22.6 Å². The lowest BCUT2D eigenvalue weighted by atomic mass is 9.78. The van der Waals surface area contributed by atoms with E-state index in [2.05, 4.69) is 31.4 Å². The van der Waals surface area contributed by atoms with Gasteiger partial charge in [-0.2, -0.15) is 0 Å². The molecule has 0 aromatic carbocycles. The first-order valence-electron chi connectivity index (χ1n) is 6.89. The minimum atomic E-state index is -0.183. The van der Waals surface area contributed by atoms with E-state index >= 15 is 0 Å². The smallest absolute Gasteiger partial charge is 0.113 e. The molecule has 2 nitrogen and oxygen atoms in total. The Morgan fingerprint density at radius 2 is 2.11 bits per heavy atom. The van der Waals surface area contributed by atoms with Crippen LogP contribution in [0.1, 0.15) is 42.5 Å². The van der Waals surface area contributed by atoms with Gasteiger partial charge in [0.1, 0.15) is 5.01 Å². The summed E-state index contributed by atoms with van der Waals surface area (Å²) in [5, 5.41) is 3.24. The SMILES string of the molecule is Cc1sc(C2(N)CCC(C)CC2)nc1-c1cccs1. The van der Waals surface area contributed by atoms with Gasteiger partial charge in [-0.1, -0.05) is 13.0 Å². The summed E-state index contributed by atoms with van der Waals surface area (Å²) < 4.78 is 0. The highest BCUT2D eigenvalue weighted by molar-refractivity contribution is 7.15. The summed E-state index contributed by atoms with van der Waals surface area (Å²) in [5.74, 6) is 0.814. The first kappa shape index (κ1) is 13.3. The highest BCUT2D eigenvalue weighted by atomic mass is 32.1. The monoisotopic (exact) mass is 292 g/mol. The molecule has 4 heteroatoms. The molecule has 0 spiro atoms. The summed E-state index contributed by atoms with van der Waals surface area (Å²) in [4.78, 5) is 7.43. The molecule has 102 valence electrons. The number of rotatable bonds is 2. The molecule has 0 bridgehead atoms. The van der Waals surface area contributed by atoms with Crippen LogP contribution in [-0.4, -0.2) is 4.98 Å². The quantitative estimate of drug-likeness (QED) is 0.882. The number of thiazole rings is 1. The van der Waals surface area contributed by atoms with Crippen LogP contribution in [0.25, 0.3) is 10.6 Å². The van der Waals surface area contributed by atoms with Crippen LogP contribution in [0.3, 0.4) is 0 Å². The zero-order valence-corrected chi connectivity index (χ0v) is 13.1. The van der Waals surface area contributed by atoms with Gasteiger partial charge >= 0.3 is 0 Å². The molecule has 1 saturated carbocycles. The van der Waals surface area contributed by atoms with E-state index in [0.717, 1.165) is 29.5 Å². The Labute approximate surface area is 122 Å². The predicted molar refractivity (Wildman–Crippen MR) is 83.7 cm³/mol. The Balaban J connectivity index is 1.92. The number of nitrogens with two attached hydrogens (primary N) is 1. The van der Waals surface area contributed by atoms with Crippen molar-refractivity contribution in [3.8, 4) is 10.6 Å². The van der Waals surface area contributed by atoms with Crippen LogP contribution in [0.4, 0.5) is 0 Å². The molecule has 1 aliphatic rings. The maximum atomic E-state index is 6.63. The van der Waals surface area contributed by atoms with Gasteiger partial charge in [0.2, 0.25) is 0 Å². The fourth-order valence-corrected chi connectivity index (χ4v) is 4.66. The number of hydrogen-bond donors (Lipinski definition) is 1. The van der Waals surface area contributed by atoms with E-state index in [-0.39, 0.29) is 5.54 Å². The van der Waals surface area contributed by atoms with Gasteiger partial charge in [0, 0.05) is 4.88 Å². The van der Waals surface area contributed by atoms with Gasteiger partial charge in [0.25, 0.3) is 0 Å². The van der Waals surface area contributed by atoms with Gasteiger partial charge in [-0.3, -0.25) is 0 Å². The van der Waals surface area contributed by atoms with Gasteiger partial charge in [0.15, 0.2) is 0 Å². The van der Waals surface area contributed by atoms with Crippen molar-refractivity contribution >= 4 is 22.7 Å². The van der Waals surface area contributed by atoms with Crippen LogP contribution in [-0.2, 0) is 5.54 Å². The van der Waals surface area contributed by atoms with Crippen LogP contribution in [0, 0.1) is 12.8 Å². The van der Waals surface area contributed by atoms with Gasteiger partial charge in [-0.25, -0.2) is 4.98 Å². The molecule has 0 aliphatic heterocycles. The number of nitrogens with zero attached hydrogens (tertiary/aromatic N) is 1. The van der Waals surface area contributed by atoms with Crippen molar-refractivity contribution in [2.75, 3.05) is 0 Å². The maximum absolute atomic E-state index is 6.63. The van der Waals surface area contributed by atoms with Crippen molar-refractivity contribution in [2.45, 2.75) is 45.1 Å². The van der Waals surface area contributed by atoms with Crippen LogP contribution < -0.4 is 5.73 Å². The van der Waals surface area contributed by atoms with Gasteiger partial charge in [-0.15, -0.1) is 22.7 Å². The molecular weight excluding hydrogens is 272 g/mol. The lowest BCUT2D eigenvalue weighted by Gasteiger charge is -2.34. The average Bonchev–Trinajstić information content (AvgIpc) is 3.02. The molecule has 0 radical (unpaired) electrons. The highest BCUT2D eigenvalue weighted by Crippen LogP contribution is 2.41. The average molecular weight is 292 g/mol. The first-order chi connectivity index (χ1) is 9.08. The summed E-state index contributed by atoms with van der Waals surface area (Å²) in [6.45, 7) is 4.48. The topological polar surface area (TPSA) is 38.9 Å². The number of thiophene rings is 1. The van der Waals surface area contributed by atoms with E-state index in [1.807, 2.05) is 0 Å². The van der Waals surface area contributed by atoms with E-state index < -0.39 is 0 Å². The van der Waals surface area contributed by atoms with E-state index in [0.29, 0.717) is 0 Å². The molecule has 0 unspecified atom stereocenters. The van der Waals surface area contributed by atoms with Crippen molar-refractivity contribution in [3.05, 3.63) is 27.4 Å². The highest BCUT2D eigenvalue weighted by Gasteiger charge is 2.35. The number of hydrogen-bond acceptors (Lipinski definition) is 4. The number of aryl methyl sites for hydroxylation is 1. The van der Waals surface area contributed by atoms with Gasteiger partial charge in [-0.05, 0) is 50.0 Å². The lowest BCUT2D eigenvalue weighted by molar-refractivity contribution is 0.247. The van der Waals surface area contributed by atoms with Crippen molar-refractivity contribution < 1.29 is 0 Å². The molecular formula is C15H20N2S2. The Hall–Kier alpha value is -0.710. The molecule has 0 atom stereocenters.